The third-order valence-corrected chi connectivity index (χ3v) is 11.2. The molecule has 7 rings (SSSR count). The van der Waals surface area contributed by atoms with Crippen molar-refractivity contribution in [2.45, 2.75) is 107 Å². The van der Waals surface area contributed by atoms with E-state index in [0.29, 0.717) is 29.5 Å². The summed E-state index contributed by atoms with van der Waals surface area (Å²) in [4.78, 5) is 15.8. The van der Waals surface area contributed by atoms with E-state index in [9.17, 15) is 13.6 Å². The Morgan fingerprint density at radius 3 is 2.45 bits per heavy atom. The number of benzene rings is 1. The van der Waals surface area contributed by atoms with Crippen LogP contribution in [0.1, 0.15) is 99.4 Å². The second kappa shape index (κ2) is 10.2. The number of hydrogen-bond acceptors (Lipinski definition) is 5. The first-order valence-electron chi connectivity index (χ1n) is 15.5. The molecule has 2 N–H and O–H groups in total. The molecule has 5 aliphatic rings. The first-order valence-corrected chi connectivity index (χ1v) is 15.5. The zero-order valence-electron chi connectivity index (χ0n) is 23.5. The molecule has 2 aliphatic heterocycles. The van der Waals surface area contributed by atoms with Crippen molar-refractivity contribution in [2.75, 3.05) is 19.6 Å². The molecular weight excluding hydrogens is 510 g/mol. The van der Waals surface area contributed by atoms with Crippen LogP contribution < -0.4 is 10.6 Å². The van der Waals surface area contributed by atoms with Crippen molar-refractivity contribution in [3.8, 4) is 0 Å². The van der Waals surface area contributed by atoms with Crippen LogP contribution in [-0.4, -0.2) is 63.2 Å². The van der Waals surface area contributed by atoms with Gasteiger partial charge in [0.15, 0.2) is 0 Å². The van der Waals surface area contributed by atoms with Crippen molar-refractivity contribution in [1.29, 1.82) is 0 Å². The maximum absolute atomic E-state index is 13.7. The maximum Gasteiger partial charge on any atom is 0.248 e. The summed E-state index contributed by atoms with van der Waals surface area (Å²) in [5, 5.41) is 16.0. The van der Waals surface area contributed by atoms with Gasteiger partial charge in [-0.15, -0.1) is 10.2 Å². The van der Waals surface area contributed by atoms with Gasteiger partial charge < -0.3 is 15.2 Å². The Bertz CT molecular complexity index is 1210. The molecule has 1 amide bonds. The third kappa shape index (κ3) is 4.30. The molecule has 0 radical (unpaired) electrons. The minimum absolute atomic E-state index is 0.0665. The van der Waals surface area contributed by atoms with Crippen LogP contribution in [-0.2, 0) is 4.79 Å². The highest BCUT2D eigenvalue weighted by Gasteiger charge is 2.75. The summed E-state index contributed by atoms with van der Waals surface area (Å²) >= 11 is 0. The SMILES string of the molecule is Cc1nnc(C2CCNCC2)n1C1CC2N(CC[C@H](NC(=O)C3CCC(F)(F)CC3)c3ccccc3)C3CCC321. The molecule has 3 heterocycles. The molecule has 2 aromatic rings. The van der Waals surface area contributed by atoms with Gasteiger partial charge >= 0.3 is 0 Å². The van der Waals surface area contributed by atoms with E-state index in [1.54, 1.807) is 0 Å². The first kappa shape index (κ1) is 26.5. The number of likely N-dealkylation sites (tertiary alicyclic amines) is 1. The predicted molar refractivity (Wildman–Crippen MR) is 148 cm³/mol. The molecule has 1 aromatic carbocycles. The number of aromatic nitrogens is 3. The number of carbonyl (C=O) groups is 1. The number of halogens is 2. The van der Waals surface area contributed by atoms with Crippen LogP contribution in [0.4, 0.5) is 8.78 Å². The maximum atomic E-state index is 13.7. The zero-order chi connectivity index (χ0) is 27.5. The fraction of sp³-hybridized carbons (Fsp3) is 0.710. The van der Waals surface area contributed by atoms with Gasteiger partial charge in [-0.25, -0.2) is 8.78 Å². The summed E-state index contributed by atoms with van der Waals surface area (Å²) in [6.07, 6.45) is 6.90. The van der Waals surface area contributed by atoms with Crippen LogP contribution in [0.3, 0.4) is 0 Å². The molecule has 5 atom stereocenters. The van der Waals surface area contributed by atoms with Gasteiger partial charge in [-0.2, -0.15) is 0 Å². The minimum atomic E-state index is -2.62. The van der Waals surface area contributed by atoms with Gasteiger partial charge in [0.1, 0.15) is 11.6 Å². The highest BCUT2D eigenvalue weighted by atomic mass is 19.3. The molecule has 9 heteroatoms. The Morgan fingerprint density at radius 1 is 1.02 bits per heavy atom. The molecule has 3 aliphatic carbocycles. The molecule has 1 spiro atoms. The van der Waals surface area contributed by atoms with Gasteiger partial charge in [0.05, 0.1) is 6.04 Å². The zero-order valence-corrected chi connectivity index (χ0v) is 23.5. The number of hydrogen-bond donors (Lipinski definition) is 2. The van der Waals surface area contributed by atoms with Gasteiger partial charge in [-0.3, -0.25) is 9.69 Å². The number of carbonyl (C=O) groups excluding carboxylic acids is 1. The van der Waals surface area contributed by atoms with Gasteiger partial charge in [0.25, 0.3) is 0 Å². The molecule has 3 saturated carbocycles. The van der Waals surface area contributed by atoms with E-state index in [4.69, 9.17) is 0 Å². The van der Waals surface area contributed by atoms with E-state index < -0.39 is 5.92 Å². The van der Waals surface area contributed by atoms with E-state index in [1.807, 2.05) is 18.2 Å². The largest absolute Gasteiger partial charge is 0.349 e. The van der Waals surface area contributed by atoms with Crippen LogP contribution >= 0.6 is 0 Å². The van der Waals surface area contributed by atoms with Gasteiger partial charge in [0.2, 0.25) is 11.8 Å². The molecule has 5 fully saturated rings. The molecule has 7 nitrogen and oxygen atoms in total. The number of nitrogens with zero attached hydrogens (tertiary/aromatic N) is 4. The van der Waals surface area contributed by atoms with Crippen molar-refractivity contribution in [3.05, 3.63) is 47.5 Å². The number of amides is 1. The third-order valence-electron chi connectivity index (χ3n) is 11.2. The quantitative estimate of drug-likeness (QED) is 0.487. The molecule has 2 saturated heterocycles. The standard InChI is InChI=1S/C31H42F2N6O/c1-20-36-37-28(22-10-16-34-17-11-22)39(20)27-19-26-31(27)15-9-25(31)38(26)18-12-24(21-5-3-2-4-6-21)35-29(40)23-7-13-30(32,33)14-8-23/h2-6,22-27,34H,7-19H2,1H3,(H,35,40)/t24-,25?,26?,27?,31?/m0/s1. The number of rotatable bonds is 8. The second-order valence-corrected chi connectivity index (χ2v) is 13.1. The van der Waals surface area contributed by atoms with Crippen LogP contribution in [0.5, 0.6) is 0 Å². The molecule has 0 bridgehead atoms. The second-order valence-electron chi connectivity index (χ2n) is 13.1. The van der Waals surface area contributed by atoms with Crippen LogP contribution in [0, 0.1) is 18.3 Å². The number of alkyl halides is 2. The summed E-state index contributed by atoms with van der Waals surface area (Å²) in [6, 6.07) is 11.7. The lowest BCUT2D eigenvalue weighted by Crippen LogP contribution is -2.85. The fourth-order valence-corrected chi connectivity index (χ4v) is 8.81. The van der Waals surface area contributed by atoms with Crippen LogP contribution in [0.15, 0.2) is 30.3 Å². The van der Waals surface area contributed by atoms with Crippen molar-refractivity contribution in [3.63, 3.8) is 0 Å². The Balaban J connectivity index is 1.02. The average molecular weight is 553 g/mol. The Labute approximate surface area is 235 Å². The van der Waals surface area contributed by atoms with Gasteiger partial charge in [-0.05, 0) is 76.9 Å². The van der Waals surface area contributed by atoms with E-state index in [-0.39, 0.29) is 43.6 Å². The molecule has 40 heavy (non-hydrogen) atoms. The molecular formula is C31H42F2N6O. The number of piperidine rings is 3. The fourth-order valence-electron chi connectivity index (χ4n) is 8.81. The summed E-state index contributed by atoms with van der Waals surface area (Å²) in [5.74, 6) is -0.247. The van der Waals surface area contributed by atoms with E-state index >= 15 is 0 Å². The normalized spacial score (nSPS) is 32.6. The lowest BCUT2D eigenvalue weighted by molar-refractivity contribution is -0.295. The monoisotopic (exact) mass is 552 g/mol. The summed E-state index contributed by atoms with van der Waals surface area (Å²) < 4.78 is 29.9. The van der Waals surface area contributed by atoms with E-state index in [0.717, 1.165) is 56.7 Å². The number of aryl methyl sites for hydroxylation is 1. The van der Waals surface area contributed by atoms with Crippen molar-refractivity contribution < 1.29 is 13.6 Å². The van der Waals surface area contributed by atoms with Crippen LogP contribution in [0.25, 0.3) is 0 Å². The topological polar surface area (TPSA) is 75.1 Å². The molecule has 216 valence electrons. The summed E-state index contributed by atoms with van der Waals surface area (Å²) in [5.41, 5.74) is 1.45. The average Bonchev–Trinajstić information content (AvgIpc) is 3.31. The van der Waals surface area contributed by atoms with E-state index in [2.05, 4.69) is 49.4 Å². The van der Waals surface area contributed by atoms with Crippen LogP contribution in [0.2, 0.25) is 0 Å². The van der Waals surface area contributed by atoms with Crippen molar-refractivity contribution >= 4 is 5.91 Å². The highest BCUT2D eigenvalue weighted by molar-refractivity contribution is 5.79. The lowest BCUT2D eigenvalue weighted by Gasteiger charge is -2.80. The minimum Gasteiger partial charge on any atom is -0.349 e. The van der Waals surface area contributed by atoms with Gasteiger partial charge in [-0.1, -0.05) is 30.3 Å². The Morgan fingerprint density at radius 2 is 1.77 bits per heavy atom. The first-order chi connectivity index (χ1) is 19.4. The highest BCUT2D eigenvalue weighted by Crippen LogP contribution is 2.73. The predicted octanol–water partition coefficient (Wildman–Crippen LogP) is 4.90. The Kier molecular flexibility index (Phi) is 6.73. The summed E-state index contributed by atoms with van der Waals surface area (Å²) in [7, 11) is 0. The Hall–Kier alpha value is -2.39. The lowest BCUT2D eigenvalue weighted by atomic mass is 9.40. The summed E-state index contributed by atoms with van der Waals surface area (Å²) in [6.45, 7) is 5.16. The number of nitrogens with one attached hydrogen (secondary N) is 2. The van der Waals surface area contributed by atoms with Crippen molar-refractivity contribution in [1.82, 2.24) is 30.3 Å². The van der Waals surface area contributed by atoms with Gasteiger partial charge in [0, 0.05) is 54.8 Å². The van der Waals surface area contributed by atoms with Crippen molar-refractivity contribution in [2.24, 2.45) is 11.3 Å². The smallest absolute Gasteiger partial charge is 0.248 e. The van der Waals surface area contributed by atoms with E-state index in [1.165, 1.54) is 18.7 Å². The molecule has 1 aromatic heterocycles. The molecule has 4 unspecified atom stereocenters.